The van der Waals surface area contributed by atoms with Gasteiger partial charge in [0.1, 0.15) is 42.0 Å². The number of nitrogens with zero attached hydrogens (tertiary/aromatic N) is 4. The molecule has 2 aromatic rings. The number of carbonyl (C=O) groups is 4. The van der Waals surface area contributed by atoms with Gasteiger partial charge in [0.15, 0.2) is 22.8 Å². The molecular weight excluding hydrogens is 1200 g/mol. The second kappa shape index (κ2) is 42.2. The van der Waals surface area contributed by atoms with E-state index in [1.165, 1.54) is 117 Å². The van der Waals surface area contributed by atoms with Crippen molar-refractivity contribution in [2.24, 2.45) is 5.41 Å². The Balaban J connectivity index is 1.15. The number of nitrogen functional groups attached to an aromatic ring is 1. The largest absolute Gasteiger partial charge is 0.790 e. The number of fused-ring (bicyclic) bond motifs is 1. The van der Waals surface area contributed by atoms with E-state index in [4.69, 9.17) is 10.5 Å². The number of hydrogen-bond donors (Lipinski definition) is 5. The van der Waals surface area contributed by atoms with Crippen molar-refractivity contribution in [3.63, 3.8) is 0 Å². The molecule has 0 radical (unpaired) electrons. The lowest BCUT2D eigenvalue weighted by Crippen LogP contribution is -2.46. The van der Waals surface area contributed by atoms with E-state index in [2.05, 4.69) is 99.0 Å². The molecule has 1 saturated heterocycles. The highest BCUT2D eigenvalue weighted by molar-refractivity contribution is 8.13. The number of nitrogens with two attached hydrogens (primary N) is 1. The molecule has 3 rings (SSSR count). The molecule has 1 aliphatic heterocycles. The number of ketones is 1. The lowest BCUT2D eigenvalue weighted by Gasteiger charge is -2.36. The summed E-state index contributed by atoms with van der Waals surface area (Å²) in [5.74, 6) is -1.51. The zero-order valence-corrected chi connectivity index (χ0v) is 53.6. The molecular formula is C57H92N7O18P3S-4. The van der Waals surface area contributed by atoms with Crippen molar-refractivity contribution in [1.29, 1.82) is 0 Å². The number of aromatic nitrogens is 4. The zero-order valence-electron chi connectivity index (χ0n) is 50.1. The first kappa shape index (κ1) is 76.4. The Hall–Kier alpha value is -3.81. The lowest BCUT2D eigenvalue weighted by molar-refractivity contribution is -0.347. The van der Waals surface area contributed by atoms with Gasteiger partial charge in [-0.2, -0.15) is 0 Å². The zero-order chi connectivity index (χ0) is 63.3. The number of phosphoric acid groups is 3. The van der Waals surface area contributed by atoms with Crippen LogP contribution in [-0.4, -0.2) is 109 Å². The number of rotatable bonds is 49. The topological polar surface area (TPSA) is 392 Å². The maximum absolute atomic E-state index is 12.7. The first-order valence-corrected chi connectivity index (χ1v) is 35.4. The van der Waals surface area contributed by atoms with Gasteiger partial charge in [0, 0.05) is 37.1 Å². The fourth-order valence-electron chi connectivity index (χ4n) is 9.02. The smallest absolute Gasteiger partial charge is 0.274 e. The van der Waals surface area contributed by atoms with Crippen molar-refractivity contribution in [2.45, 2.75) is 218 Å². The van der Waals surface area contributed by atoms with Crippen LogP contribution in [0.2, 0.25) is 0 Å². The van der Waals surface area contributed by atoms with Crippen molar-refractivity contribution >= 4 is 74.9 Å². The highest BCUT2D eigenvalue weighted by Crippen LogP contribution is 2.56. The van der Waals surface area contributed by atoms with E-state index in [1.807, 2.05) is 0 Å². The second-order valence-electron chi connectivity index (χ2n) is 21.8. The average molecular weight is 1290 g/mol. The van der Waals surface area contributed by atoms with Crippen LogP contribution in [0.15, 0.2) is 61.3 Å². The number of phosphoric ester groups is 3. The van der Waals surface area contributed by atoms with E-state index >= 15 is 0 Å². The van der Waals surface area contributed by atoms with Crippen LogP contribution in [0, 0.1) is 5.41 Å². The van der Waals surface area contributed by atoms with Crippen LogP contribution in [0.5, 0.6) is 0 Å². The van der Waals surface area contributed by atoms with Gasteiger partial charge in [0.25, 0.3) is 15.6 Å². The van der Waals surface area contributed by atoms with E-state index in [1.54, 1.807) is 0 Å². The summed E-state index contributed by atoms with van der Waals surface area (Å²) in [6, 6.07) is 0. The molecule has 0 bridgehead atoms. The molecule has 2 unspecified atom stereocenters. The van der Waals surface area contributed by atoms with Crippen molar-refractivity contribution in [3.8, 4) is 0 Å². The van der Waals surface area contributed by atoms with Gasteiger partial charge < -0.3 is 69.0 Å². The minimum Gasteiger partial charge on any atom is -0.790 e. The minimum absolute atomic E-state index is 0.0257. The van der Waals surface area contributed by atoms with E-state index in [0.717, 1.165) is 73.9 Å². The number of carbonyl (C=O) groups excluding carboxylic acids is 4. The van der Waals surface area contributed by atoms with Crippen LogP contribution in [0.1, 0.15) is 194 Å². The summed E-state index contributed by atoms with van der Waals surface area (Å²) in [6.07, 6.45) is 38.0. The number of anilines is 1. The monoisotopic (exact) mass is 1290 g/mol. The maximum Gasteiger partial charge on any atom is 0.274 e. The SMILES string of the molecule is CCCCC/C=C\C/C=C\C/C=C\C/C=C\CCCCCCCCCCCCCCCCCC(=O)CC(=O)SCCNC(=O)CCNC(=O)[C@H](O)C(C)(C)COP(=O)([O-])OP(=O)([O-])OC[C@H]1O[C@@H](n2cnc3c(N)ncnc32)[C@H](O)[C@@H]1OP(=O)([O-])[O-]. The summed E-state index contributed by atoms with van der Waals surface area (Å²) in [4.78, 5) is 110. The van der Waals surface area contributed by atoms with Gasteiger partial charge in [-0.1, -0.05) is 177 Å². The number of aliphatic hydroxyl groups excluding tert-OH is 2. The predicted molar refractivity (Wildman–Crippen MR) is 321 cm³/mol. The van der Waals surface area contributed by atoms with Gasteiger partial charge in [-0.3, -0.25) is 32.9 Å². The number of Topliss-reactive ketones (excluding diaryl/α,β-unsaturated/α-hetero) is 1. The maximum atomic E-state index is 12.7. The quantitative estimate of drug-likeness (QED) is 0.0183. The molecule has 0 spiro atoms. The Labute approximate surface area is 511 Å². The van der Waals surface area contributed by atoms with Crippen molar-refractivity contribution in [2.75, 3.05) is 37.8 Å². The van der Waals surface area contributed by atoms with Crippen LogP contribution in [0.4, 0.5) is 5.82 Å². The van der Waals surface area contributed by atoms with E-state index in [9.17, 15) is 62.7 Å². The Bertz CT molecular complexity index is 2600. The molecule has 2 amide bonds. The molecule has 1 fully saturated rings. The summed E-state index contributed by atoms with van der Waals surface area (Å²) in [5.41, 5.74) is 4.06. The first-order chi connectivity index (χ1) is 40.9. The van der Waals surface area contributed by atoms with E-state index in [0.29, 0.717) is 6.42 Å². The molecule has 0 aromatic carbocycles. The number of nitrogens with one attached hydrogen (secondary N) is 2. The summed E-state index contributed by atoms with van der Waals surface area (Å²) >= 11 is 0.931. The highest BCUT2D eigenvalue weighted by Gasteiger charge is 2.47. The first-order valence-electron chi connectivity index (χ1n) is 30.0. The fourth-order valence-corrected chi connectivity index (χ4v) is 12.4. The van der Waals surface area contributed by atoms with Gasteiger partial charge in [0.2, 0.25) is 11.8 Å². The number of imidazole rings is 1. The van der Waals surface area contributed by atoms with Gasteiger partial charge in [0.05, 0.1) is 33.8 Å². The Morgan fingerprint density at radius 1 is 0.744 bits per heavy atom. The van der Waals surface area contributed by atoms with Gasteiger partial charge >= 0.3 is 0 Å². The Morgan fingerprint density at radius 2 is 1.28 bits per heavy atom. The third kappa shape index (κ3) is 33.1. The third-order valence-corrected chi connectivity index (χ3v) is 17.8. The molecule has 3 heterocycles. The Kier molecular flexibility index (Phi) is 37.5. The predicted octanol–water partition coefficient (Wildman–Crippen LogP) is 7.70. The molecule has 1 aliphatic rings. The molecule has 0 aliphatic carbocycles. The molecule has 86 heavy (non-hydrogen) atoms. The van der Waals surface area contributed by atoms with E-state index < -0.39 is 84.6 Å². The molecule has 25 nitrogen and oxygen atoms in total. The number of amides is 2. The van der Waals surface area contributed by atoms with Crippen LogP contribution >= 0.6 is 35.2 Å². The fraction of sp³-hybridized carbons (Fsp3) is 0.702. The van der Waals surface area contributed by atoms with Crippen molar-refractivity contribution in [1.82, 2.24) is 30.2 Å². The summed E-state index contributed by atoms with van der Waals surface area (Å²) in [5, 5.41) is 26.1. The van der Waals surface area contributed by atoms with Crippen LogP contribution < -0.4 is 35.9 Å². The van der Waals surface area contributed by atoms with Gasteiger partial charge in [-0.25, -0.2) is 19.3 Å². The number of hydrogen-bond acceptors (Lipinski definition) is 23. The van der Waals surface area contributed by atoms with Crippen LogP contribution in [-0.2, 0) is 55.5 Å². The molecule has 6 N–H and O–H groups in total. The number of thioether (sulfide) groups is 1. The number of allylic oxidation sites excluding steroid dienone is 8. The number of ether oxygens (including phenoxy) is 1. The number of aliphatic hydroxyl groups is 2. The molecule has 488 valence electrons. The molecule has 2 aromatic heterocycles. The molecule has 0 saturated carbocycles. The number of unbranched alkanes of at least 4 members (excludes halogenated alkanes) is 18. The van der Waals surface area contributed by atoms with Crippen LogP contribution in [0.25, 0.3) is 11.2 Å². The summed E-state index contributed by atoms with van der Waals surface area (Å²) < 4.78 is 61.0. The van der Waals surface area contributed by atoms with Crippen LogP contribution in [0.3, 0.4) is 0 Å². The Morgan fingerprint density at radius 3 is 1.85 bits per heavy atom. The summed E-state index contributed by atoms with van der Waals surface area (Å²) in [6.45, 7) is 2.18. The van der Waals surface area contributed by atoms with Crippen molar-refractivity contribution in [3.05, 3.63) is 61.3 Å². The van der Waals surface area contributed by atoms with Gasteiger partial charge in [-0.15, -0.1) is 0 Å². The average Bonchev–Trinajstić information content (AvgIpc) is 1.67. The normalized spacial score (nSPS) is 18.6. The minimum atomic E-state index is -5.94. The highest BCUT2D eigenvalue weighted by atomic mass is 32.2. The van der Waals surface area contributed by atoms with Crippen molar-refractivity contribution < 1.29 is 85.3 Å². The second-order valence-corrected chi connectivity index (χ2v) is 27.1. The van der Waals surface area contributed by atoms with E-state index in [-0.39, 0.29) is 59.6 Å². The lowest BCUT2D eigenvalue weighted by atomic mass is 9.87. The molecule has 29 heteroatoms. The standard InChI is InChI=1S/C57H96N7O18P3S/c1-4-5-6-7-8-9-10-11-12-13-14-15-16-17-18-19-20-21-22-23-24-25-26-27-28-29-30-31-32-33-34-35-45(65)40-48(67)86-39-38-59-47(66)36-37-60-55(70)52(69)57(2,3)42-79-85(76,77)82-84(74,75)78-41-46-51(81-83(71,72)73)50(68)56(80-46)64-44-63-49-53(58)61-43-62-54(49)64/h8-9,11-12,14-15,17-18,43-44,46,50-52,56,68-69H,4-7,10,13,16,19-42H2,1-3H3,(H,59,66)(H,60,70)(H,74,75)(H,76,77)(H2,58,61,62)(H2,71,72,73)/p-4/b9-8-,12-11-,15-14-,18-17-/t46-,50-,51-,52+,56-/m1/s1. The third-order valence-electron chi connectivity index (χ3n) is 13.9. The summed E-state index contributed by atoms with van der Waals surface area (Å²) in [7, 11) is -17.7. The van der Waals surface area contributed by atoms with Gasteiger partial charge in [-0.05, 0) is 51.4 Å². The molecule has 7 atom stereocenters.